The minimum absolute atomic E-state index is 0.0113. The van der Waals surface area contributed by atoms with E-state index in [4.69, 9.17) is 0 Å². The highest BCUT2D eigenvalue weighted by Crippen LogP contribution is 2.65. The monoisotopic (exact) mass is 705 g/mol. The van der Waals surface area contributed by atoms with Crippen molar-refractivity contribution < 1.29 is 0 Å². The van der Waals surface area contributed by atoms with Gasteiger partial charge in [-0.2, -0.15) is 0 Å². The Labute approximate surface area is 321 Å². The van der Waals surface area contributed by atoms with Gasteiger partial charge < -0.3 is 14.4 Å². The third kappa shape index (κ3) is 3.31. The number of para-hydroxylation sites is 2. The van der Waals surface area contributed by atoms with Gasteiger partial charge >= 0.3 is 0 Å². The molecule has 0 radical (unpaired) electrons. The summed E-state index contributed by atoms with van der Waals surface area (Å²) in [6.45, 7) is 20.2. The van der Waals surface area contributed by atoms with Crippen molar-refractivity contribution in [2.45, 2.75) is 129 Å². The van der Waals surface area contributed by atoms with Gasteiger partial charge in [0.25, 0.3) is 6.71 Å². The molecule has 4 atom stereocenters. The number of rotatable bonds is 1. The predicted octanol–water partition coefficient (Wildman–Crippen LogP) is 10.6. The molecule has 4 heteroatoms. The van der Waals surface area contributed by atoms with Gasteiger partial charge in [-0.15, -0.1) is 0 Å². The maximum Gasteiger partial charge on any atom is 0.252 e. The standard InChI is InChI=1S/C50H52BN3/c1-29-24-30(2)41-38(25-29)53(49(7)22-13-11-20-47(41,49)5)33-27-39-44-40(28-33)54-46-42(48(6)21-12-14-23-50(48,54)8)31(3)26-32(4)43(46)51(44)36-18-15-17-35-34-16-9-10-19-37(34)52(39)45(35)36/h9-10,15-19,24-28H,11-14,20-23H2,1-8H3. The molecule has 4 aliphatic heterocycles. The van der Waals surface area contributed by atoms with E-state index in [2.05, 4.69) is 143 Å². The van der Waals surface area contributed by atoms with Crippen LogP contribution in [0, 0.1) is 27.7 Å². The van der Waals surface area contributed by atoms with Crippen LogP contribution in [-0.2, 0) is 10.8 Å². The molecular formula is C50H52BN3. The molecule has 0 spiro atoms. The summed E-state index contributed by atoms with van der Waals surface area (Å²) < 4.78 is 2.69. The van der Waals surface area contributed by atoms with Crippen LogP contribution in [0.1, 0.15) is 112 Å². The van der Waals surface area contributed by atoms with Crippen LogP contribution >= 0.6 is 0 Å². The highest BCUT2D eigenvalue weighted by Gasteiger charge is 2.63. The zero-order valence-corrected chi connectivity index (χ0v) is 33.5. The number of fused-ring (bicyclic) bond motifs is 13. The largest absolute Gasteiger partial charge is 0.335 e. The predicted molar refractivity (Wildman–Crippen MR) is 230 cm³/mol. The van der Waals surface area contributed by atoms with Crippen LogP contribution in [0.4, 0.5) is 22.7 Å². The Bertz CT molecular complexity index is 2720. The molecule has 1 aromatic heterocycles. The van der Waals surface area contributed by atoms with Crippen LogP contribution in [0.3, 0.4) is 0 Å². The fourth-order valence-corrected chi connectivity index (χ4v) is 14.3. The van der Waals surface area contributed by atoms with Gasteiger partial charge in [-0.1, -0.05) is 93.6 Å². The first kappa shape index (κ1) is 31.9. The molecule has 12 rings (SSSR count). The number of benzene rings is 5. The van der Waals surface area contributed by atoms with E-state index in [1.807, 2.05) is 0 Å². The Morgan fingerprint density at radius 3 is 1.98 bits per heavy atom. The molecule has 6 aliphatic rings. The summed E-state index contributed by atoms with van der Waals surface area (Å²) in [4.78, 5) is 5.82. The second kappa shape index (κ2) is 9.86. The molecule has 5 aromatic carbocycles. The molecule has 5 heterocycles. The fraction of sp³-hybridized carbons (Fsp3) is 0.400. The highest BCUT2D eigenvalue weighted by atomic mass is 15.3. The van der Waals surface area contributed by atoms with Gasteiger partial charge in [0.2, 0.25) is 0 Å². The van der Waals surface area contributed by atoms with Crippen LogP contribution in [0.15, 0.2) is 72.8 Å². The van der Waals surface area contributed by atoms with Crippen molar-refractivity contribution in [1.82, 2.24) is 4.57 Å². The Balaban J connectivity index is 1.27. The fourth-order valence-electron chi connectivity index (χ4n) is 14.3. The topological polar surface area (TPSA) is 11.4 Å². The molecule has 0 saturated heterocycles. The van der Waals surface area contributed by atoms with Crippen molar-refractivity contribution in [2.75, 3.05) is 9.80 Å². The molecule has 270 valence electrons. The van der Waals surface area contributed by atoms with Crippen LogP contribution in [0.5, 0.6) is 0 Å². The second-order valence-electron chi connectivity index (χ2n) is 19.3. The molecule has 0 bridgehead atoms. The molecule has 0 N–H and O–H groups in total. The van der Waals surface area contributed by atoms with E-state index < -0.39 is 0 Å². The average Bonchev–Trinajstić information content (AvgIpc) is 3.67. The molecule has 2 saturated carbocycles. The summed E-state index contributed by atoms with van der Waals surface area (Å²) in [6, 6.07) is 29.2. The Morgan fingerprint density at radius 2 is 1.20 bits per heavy atom. The molecule has 2 aliphatic carbocycles. The third-order valence-electron chi connectivity index (χ3n) is 16.8. The maximum absolute atomic E-state index is 2.95. The quantitative estimate of drug-likeness (QED) is 0.158. The lowest BCUT2D eigenvalue weighted by atomic mass is 9.33. The Morgan fingerprint density at radius 1 is 0.556 bits per heavy atom. The number of nitrogens with zero attached hydrogens (tertiary/aromatic N) is 3. The molecule has 2 fully saturated rings. The first-order chi connectivity index (χ1) is 25.9. The van der Waals surface area contributed by atoms with Gasteiger partial charge in [0.15, 0.2) is 0 Å². The Kier molecular flexibility index (Phi) is 5.82. The molecular weight excluding hydrogens is 653 g/mol. The first-order valence-electron chi connectivity index (χ1n) is 21.0. The molecule has 6 aromatic rings. The van der Waals surface area contributed by atoms with E-state index in [0.717, 1.165) is 0 Å². The van der Waals surface area contributed by atoms with E-state index in [-0.39, 0.29) is 28.6 Å². The lowest BCUT2D eigenvalue weighted by Crippen LogP contribution is -2.64. The van der Waals surface area contributed by atoms with Crippen molar-refractivity contribution in [3.63, 3.8) is 0 Å². The number of aromatic nitrogens is 1. The van der Waals surface area contributed by atoms with Gasteiger partial charge in [0.05, 0.1) is 16.6 Å². The molecule has 54 heavy (non-hydrogen) atoms. The number of hydrogen-bond acceptors (Lipinski definition) is 2. The zero-order chi connectivity index (χ0) is 36.8. The van der Waals surface area contributed by atoms with Crippen molar-refractivity contribution in [3.05, 3.63) is 106 Å². The van der Waals surface area contributed by atoms with E-state index >= 15 is 0 Å². The van der Waals surface area contributed by atoms with Crippen molar-refractivity contribution in [2.24, 2.45) is 0 Å². The van der Waals surface area contributed by atoms with Crippen LogP contribution in [0.2, 0.25) is 0 Å². The minimum atomic E-state index is -0.0215. The van der Waals surface area contributed by atoms with Crippen molar-refractivity contribution in [3.8, 4) is 5.69 Å². The smallest absolute Gasteiger partial charge is 0.252 e. The summed E-state index contributed by atoms with van der Waals surface area (Å²) in [5.74, 6) is 0. The van der Waals surface area contributed by atoms with Gasteiger partial charge in [0, 0.05) is 55.6 Å². The maximum atomic E-state index is 2.95. The summed E-state index contributed by atoms with van der Waals surface area (Å²) in [5.41, 5.74) is 23.6. The SMILES string of the molecule is Cc1cc(C)c2c(c1)N(c1cc3c4c(c1)-n1c5ccccc5c5cccc(c51)B4c1c(C)cc(C)c4c1N3C1(C)CCCCC41C)C1(C)CCCCC21C. The van der Waals surface area contributed by atoms with E-state index in [0.29, 0.717) is 0 Å². The summed E-state index contributed by atoms with van der Waals surface area (Å²) in [5, 5.41) is 2.73. The normalized spacial score (nSPS) is 28.3. The summed E-state index contributed by atoms with van der Waals surface area (Å²) >= 11 is 0. The molecule has 0 amide bonds. The van der Waals surface area contributed by atoms with Gasteiger partial charge in [0.1, 0.15) is 0 Å². The lowest BCUT2D eigenvalue weighted by Gasteiger charge is -2.53. The number of anilines is 4. The van der Waals surface area contributed by atoms with Crippen molar-refractivity contribution >= 4 is 67.7 Å². The highest BCUT2D eigenvalue weighted by molar-refractivity contribution is 7.00. The zero-order valence-electron chi connectivity index (χ0n) is 33.5. The summed E-state index contributed by atoms with van der Waals surface area (Å²) in [6.07, 6.45) is 10.1. The second-order valence-corrected chi connectivity index (χ2v) is 19.3. The van der Waals surface area contributed by atoms with Crippen LogP contribution in [-0.4, -0.2) is 22.4 Å². The van der Waals surface area contributed by atoms with Gasteiger partial charge in [-0.3, -0.25) is 0 Å². The summed E-state index contributed by atoms with van der Waals surface area (Å²) in [7, 11) is 0. The van der Waals surface area contributed by atoms with Gasteiger partial charge in [-0.25, -0.2) is 0 Å². The molecule has 4 unspecified atom stereocenters. The van der Waals surface area contributed by atoms with Crippen LogP contribution < -0.4 is 26.2 Å². The Hall–Kier alpha value is -4.44. The average molecular weight is 706 g/mol. The van der Waals surface area contributed by atoms with E-state index in [1.165, 1.54) is 129 Å². The van der Waals surface area contributed by atoms with Crippen molar-refractivity contribution in [1.29, 1.82) is 0 Å². The molecule has 3 nitrogen and oxygen atoms in total. The van der Waals surface area contributed by atoms with Gasteiger partial charge in [-0.05, 0) is 136 Å². The van der Waals surface area contributed by atoms with E-state index in [1.54, 1.807) is 22.3 Å². The first-order valence-corrected chi connectivity index (χ1v) is 21.0. The van der Waals surface area contributed by atoms with Crippen LogP contribution in [0.25, 0.3) is 27.5 Å². The number of hydrogen-bond donors (Lipinski definition) is 0. The number of aryl methyl sites for hydroxylation is 4. The lowest BCUT2D eigenvalue weighted by molar-refractivity contribution is 0.193. The minimum Gasteiger partial charge on any atom is -0.335 e. The van der Waals surface area contributed by atoms with E-state index in [9.17, 15) is 0 Å². The third-order valence-corrected chi connectivity index (χ3v) is 16.8.